The van der Waals surface area contributed by atoms with Gasteiger partial charge >= 0.3 is 0 Å². The highest BCUT2D eigenvalue weighted by molar-refractivity contribution is 7.89. The van der Waals surface area contributed by atoms with Gasteiger partial charge in [0.25, 0.3) is 0 Å². The summed E-state index contributed by atoms with van der Waals surface area (Å²) in [5.74, 6) is 0. The van der Waals surface area contributed by atoms with Crippen LogP contribution in [-0.2, 0) is 10.0 Å². The third kappa shape index (κ3) is 2.34. The zero-order valence-corrected chi connectivity index (χ0v) is 9.84. The van der Waals surface area contributed by atoms with Crippen LogP contribution >= 0.6 is 0 Å². The monoisotopic (exact) mass is 241 g/mol. The largest absolute Gasteiger partial charge is 0.379 e. The third-order valence-corrected chi connectivity index (χ3v) is 3.59. The molecule has 1 aromatic carbocycles. The molecule has 6 heteroatoms. The average Bonchev–Trinajstić information content (AvgIpc) is 2.11. The molecule has 1 saturated heterocycles. The van der Waals surface area contributed by atoms with E-state index in [0.29, 0.717) is 6.04 Å². The molecule has 4 N–H and O–H groups in total. The second-order valence-corrected chi connectivity index (χ2v) is 5.58. The summed E-state index contributed by atoms with van der Waals surface area (Å²) >= 11 is 0. The van der Waals surface area contributed by atoms with Gasteiger partial charge in [0.1, 0.15) is 0 Å². The number of nitrogens with two attached hydrogens (primary N) is 1. The number of benzene rings is 1. The van der Waals surface area contributed by atoms with Crippen molar-refractivity contribution in [3.05, 3.63) is 23.8 Å². The Hall–Kier alpha value is -1.11. The minimum atomic E-state index is -3.62. The first-order valence-electron chi connectivity index (χ1n) is 5.07. The summed E-state index contributed by atoms with van der Waals surface area (Å²) in [4.78, 5) is 0.146. The van der Waals surface area contributed by atoms with Gasteiger partial charge in [-0.2, -0.15) is 0 Å². The molecular weight excluding hydrogens is 226 g/mol. The summed E-state index contributed by atoms with van der Waals surface area (Å²) in [5.41, 5.74) is 1.84. The maximum absolute atomic E-state index is 11.2. The molecule has 0 saturated carbocycles. The van der Waals surface area contributed by atoms with Crippen LogP contribution in [0.1, 0.15) is 5.56 Å². The second-order valence-electron chi connectivity index (χ2n) is 4.02. The fourth-order valence-corrected chi connectivity index (χ4v) is 2.08. The predicted octanol–water partition coefficient (Wildman–Crippen LogP) is 0.0261. The van der Waals surface area contributed by atoms with Crippen molar-refractivity contribution in [3.8, 4) is 0 Å². The topological polar surface area (TPSA) is 84.2 Å². The Morgan fingerprint density at radius 2 is 2.12 bits per heavy atom. The Balaban J connectivity index is 2.28. The zero-order chi connectivity index (χ0) is 11.8. The number of sulfonamides is 1. The lowest BCUT2D eigenvalue weighted by Gasteiger charge is -2.29. The first kappa shape index (κ1) is 11.4. The molecule has 1 aliphatic rings. The molecule has 0 unspecified atom stereocenters. The highest BCUT2D eigenvalue weighted by Gasteiger charge is 2.18. The van der Waals surface area contributed by atoms with Crippen LogP contribution < -0.4 is 15.8 Å². The summed E-state index contributed by atoms with van der Waals surface area (Å²) in [6, 6.07) is 5.24. The number of anilines is 1. The Labute approximate surface area is 95.1 Å². The van der Waals surface area contributed by atoms with E-state index in [1.807, 2.05) is 6.92 Å². The molecule has 0 radical (unpaired) electrons. The predicted molar refractivity (Wildman–Crippen MR) is 62.8 cm³/mol. The van der Waals surface area contributed by atoms with E-state index in [9.17, 15) is 8.42 Å². The quantitative estimate of drug-likeness (QED) is 0.697. The number of primary sulfonamides is 1. The van der Waals surface area contributed by atoms with Gasteiger partial charge in [0.2, 0.25) is 10.0 Å². The average molecular weight is 241 g/mol. The number of hydrogen-bond acceptors (Lipinski definition) is 4. The molecule has 0 amide bonds. The van der Waals surface area contributed by atoms with Crippen LogP contribution in [-0.4, -0.2) is 27.5 Å². The van der Waals surface area contributed by atoms with E-state index in [-0.39, 0.29) is 4.90 Å². The van der Waals surface area contributed by atoms with Gasteiger partial charge in [0, 0.05) is 18.8 Å². The molecule has 0 aliphatic carbocycles. The lowest BCUT2D eigenvalue weighted by molar-refractivity contribution is 0.472. The highest BCUT2D eigenvalue weighted by atomic mass is 32.2. The van der Waals surface area contributed by atoms with Crippen molar-refractivity contribution in [1.29, 1.82) is 0 Å². The lowest BCUT2D eigenvalue weighted by atomic mass is 10.1. The Morgan fingerprint density at radius 1 is 1.44 bits per heavy atom. The van der Waals surface area contributed by atoms with E-state index >= 15 is 0 Å². The van der Waals surface area contributed by atoms with Gasteiger partial charge in [0.05, 0.1) is 10.9 Å². The lowest BCUT2D eigenvalue weighted by Crippen LogP contribution is -2.51. The summed E-state index contributed by atoms with van der Waals surface area (Å²) in [5, 5.41) is 11.5. The third-order valence-electron chi connectivity index (χ3n) is 2.68. The second kappa shape index (κ2) is 4.04. The maximum Gasteiger partial charge on any atom is 0.238 e. The number of hydrogen-bond donors (Lipinski definition) is 3. The van der Waals surface area contributed by atoms with Crippen LogP contribution in [0.25, 0.3) is 0 Å². The first-order valence-corrected chi connectivity index (χ1v) is 6.62. The van der Waals surface area contributed by atoms with E-state index in [1.165, 1.54) is 6.07 Å². The molecule has 16 heavy (non-hydrogen) atoms. The standard InChI is InChI=1S/C10H15N3O2S/c1-7-2-3-9(16(11,14)15)4-10(7)13-8-5-12-6-8/h2-4,8,12-13H,5-6H2,1H3,(H2,11,14,15). The van der Waals surface area contributed by atoms with Crippen LogP contribution in [0.4, 0.5) is 5.69 Å². The summed E-state index contributed by atoms with van der Waals surface area (Å²) in [6.07, 6.45) is 0. The van der Waals surface area contributed by atoms with Gasteiger partial charge in [-0.1, -0.05) is 6.07 Å². The van der Waals surface area contributed by atoms with Crippen LogP contribution in [0, 0.1) is 6.92 Å². The first-order chi connectivity index (χ1) is 7.47. The molecule has 0 bridgehead atoms. The van der Waals surface area contributed by atoms with Crippen LogP contribution in [0.15, 0.2) is 23.1 Å². The Morgan fingerprint density at radius 3 is 2.62 bits per heavy atom. The van der Waals surface area contributed by atoms with Gasteiger partial charge in [-0.3, -0.25) is 0 Å². The van der Waals surface area contributed by atoms with Gasteiger partial charge in [0.15, 0.2) is 0 Å². The minimum absolute atomic E-state index is 0.146. The van der Waals surface area contributed by atoms with Crippen molar-refractivity contribution in [2.45, 2.75) is 17.9 Å². The zero-order valence-electron chi connectivity index (χ0n) is 9.03. The molecule has 0 aromatic heterocycles. The van der Waals surface area contributed by atoms with E-state index in [1.54, 1.807) is 12.1 Å². The Kier molecular flexibility index (Phi) is 2.88. The van der Waals surface area contributed by atoms with Crippen LogP contribution in [0.2, 0.25) is 0 Å². The molecule has 1 heterocycles. The molecule has 5 nitrogen and oxygen atoms in total. The molecule has 1 aromatic rings. The highest BCUT2D eigenvalue weighted by Crippen LogP contribution is 2.20. The summed E-state index contributed by atoms with van der Waals surface area (Å²) in [6.45, 7) is 3.74. The van der Waals surface area contributed by atoms with Gasteiger partial charge in [-0.05, 0) is 24.6 Å². The van der Waals surface area contributed by atoms with Gasteiger partial charge in [-0.25, -0.2) is 13.6 Å². The minimum Gasteiger partial charge on any atom is -0.379 e. The van der Waals surface area contributed by atoms with Gasteiger partial charge < -0.3 is 10.6 Å². The van der Waals surface area contributed by atoms with Crippen molar-refractivity contribution in [3.63, 3.8) is 0 Å². The number of nitrogens with one attached hydrogen (secondary N) is 2. The smallest absolute Gasteiger partial charge is 0.238 e. The SMILES string of the molecule is Cc1ccc(S(N)(=O)=O)cc1NC1CNC1. The summed E-state index contributed by atoms with van der Waals surface area (Å²) < 4.78 is 22.4. The van der Waals surface area contributed by atoms with Crippen molar-refractivity contribution in [2.24, 2.45) is 5.14 Å². The summed E-state index contributed by atoms with van der Waals surface area (Å²) in [7, 11) is -3.62. The van der Waals surface area contributed by atoms with Crippen LogP contribution in [0.5, 0.6) is 0 Å². The number of rotatable bonds is 3. The maximum atomic E-state index is 11.2. The van der Waals surface area contributed by atoms with Crippen molar-refractivity contribution >= 4 is 15.7 Å². The molecule has 0 spiro atoms. The molecule has 1 fully saturated rings. The molecular formula is C10H15N3O2S. The van der Waals surface area contributed by atoms with E-state index in [2.05, 4.69) is 10.6 Å². The molecule has 0 atom stereocenters. The number of aryl methyl sites for hydroxylation is 1. The van der Waals surface area contributed by atoms with E-state index in [4.69, 9.17) is 5.14 Å². The van der Waals surface area contributed by atoms with Crippen molar-refractivity contribution < 1.29 is 8.42 Å². The Bertz CT molecular complexity index is 495. The normalized spacial score (nSPS) is 16.9. The van der Waals surface area contributed by atoms with Crippen molar-refractivity contribution in [2.75, 3.05) is 18.4 Å². The van der Waals surface area contributed by atoms with Crippen LogP contribution in [0.3, 0.4) is 0 Å². The van der Waals surface area contributed by atoms with E-state index < -0.39 is 10.0 Å². The molecule has 1 aliphatic heterocycles. The fraction of sp³-hybridized carbons (Fsp3) is 0.400. The van der Waals surface area contributed by atoms with Gasteiger partial charge in [-0.15, -0.1) is 0 Å². The fourth-order valence-electron chi connectivity index (χ4n) is 1.54. The molecule has 88 valence electrons. The van der Waals surface area contributed by atoms with E-state index in [0.717, 1.165) is 24.3 Å². The van der Waals surface area contributed by atoms with Crippen molar-refractivity contribution in [1.82, 2.24) is 5.32 Å². The molecule has 2 rings (SSSR count).